The van der Waals surface area contributed by atoms with Gasteiger partial charge in [0, 0.05) is 24.8 Å². The Morgan fingerprint density at radius 2 is 1.96 bits per heavy atom. The molecule has 25 heavy (non-hydrogen) atoms. The summed E-state index contributed by atoms with van der Waals surface area (Å²) in [6.07, 6.45) is 3.30. The van der Waals surface area contributed by atoms with Crippen molar-refractivity contribution in [3.8, 4) is 0 Å². The zero-order valence-corrected chi connectivity index (χ0v) is 14.3. The molecule has 1 atom stereocenters. The number of ketones is 1. The molecular weight excluding hydrogens is 316 g/mol. The molecule has 130 valence electrons. The molecule has 0 spiro atoms. The molecule has 1 N–H and O–H groups in total. The van der Waals surface area contributed by atoms with Gasteiger partial charge in [-0.25, -0.2) is 0 Å². The van der Waals surface area contributed by atoms with Crippen LogP contribution in [-0.2, 0) is 10.2 Å². The van der Waals surface area contributed by atoms with Crippen molar-refractivity contribution in [2.75, 3.05) is 18.1 Å². The lowest BCUT2D eigenvalue weighted by Crippen LogP contribution is -2.45. The van der Waals surface area contributed by atoms with Crippen molar-refractivity contribution in [3.05, 3.63) is 59.9 Å². The third-order valence-corrected chi connectivity index (χ3v) is 4.78. The van der Waals surface area contributed by atoms with Crippen LogP contribution in [0.25, 0.3) is 0 Å². The van der Waals surface area contributed by atoms with Crippen LogP contribution in [0.3, 0.4) is 0 Å². The van der Waals surface area contributed by atoms with Gasteiger partial charge in [0.2, 0.25) is 5.91 Å². The summed E-state index contributed by atoms with van der Waals surface area (Å²) < 4.78 is 0. The summed E-state index contributed by atoms with van der Waals surface area (Å²) in [6, 6.07) is 12.5. The van der Waals surface area contributed by atoms with Crippen molar-refractivity contribution in [2.45, 2.75) is 31.6 Å². The van der Waals surface area contributed by atoms with Crippen LogP contribution in [0.4, 0.5) is 5.69 Å². The quantitative estimate of drug-likeness (QED) is 0.788. The average molecular weight is 338 g/mol. The van der Waals surface area contributed by atoms with Crippen LogP contribution < -0.4 is 4.90 Å². The topological polar surface area (TPSA) is 70.5 Å². The van der Waals surface area contributed by atoms with E-state index in [1.807, 2.05) is 24.3 Å². The van der Waals surface area contributed by atoms with Crippen molar-refractivity contribution in [3.63, 3.8) is 0 Å². The number of rotatable bonds is 7. The van der Waals surface area contributed by atoms with Gasteiger partial charge in [0.05, 0.1) is 6.61 Å². The molecule has 1 aromatic carbocycles. The van der Waals surface area contributed by atoms with Gasteiger partial charge < -0.3 is 10.0 Å². The van der Waals surface area contributed by atoms with Gasteiger partial charge in [-0.3, -0.25) is 14.6 Å². The summed E-state index contributed by atoms with van der Waals surface area (Å²) >= 11 is 0. The van der Waals surface area contributed by atoms with Crippen molar-refractivity contribution in [2.24, 2.45) is 0 Å². The van der Waals surface area contributed by atoms with Gasteiger partial charge in [0.15, 0.2) is 5.78 Å². The number of carbonyl (C=O) groups is 2. The van der Waals surface area contributed by atoms with Crippen molar-refractivity contribution in [1.29, 1.82) is 0 Å². The smallest absolute Gasteiger partial charge is 0.240 e. The Kier molecular flexibility index (Phi) is 4.95. The van der Waals surface area contributed by atoms with Crippen LogP contribution in [0.1, 0.15) is 42.2 Å². The number of Topliss-reactive ketones (excluding diaryl/α,β-unsaturated/α-hetero) is 1. The Morgan fingerprint density at radius 1 is 1.20 bits per heavy atom. The molecule has 1 aromatic heterocycles. The van der Waals surface area contributed by atoms with E-state index in [0.29, 0.717) is 12.2 Å². The summed E-state index contributed by atoms with van der Waals surface area (Å²) in [5.41, 5.74) is 0.609. The van der Waals surface area contributed by atoms with E-state index >= 15 is 0 Å². The number of para-hydroxylation sites is 1. The molecule has 3 rings (SSSR count). The average Bonchev–Trinajstić information content (AvgIpc) is 2.89. The van der Waals surface area contributed by atoms with Gasteiger partial charge >= 0.3 is 0 Å². The molecule has 5 heteroatoms. The number of aliphatic hydroxyl groups is 1. The molecule has 1 aliphatic rings. The summed E-state index contributed by atoms with van der Waals surface area (Å²) in [6.45, 7) is 2.26. The third-order valence-electron chi connectivity index (χ3n) is 4.78. The number of fused-ring (bicyclic) bond motifs is 1. The molecule has 0 saturated carbocycles. The Labute approximate surface area is 147 Å². The Hall–Kier alpha value is -2.53. The zero-order valence-electron chi connectivity index (χ0n) is 14.3. The van der Waals surface area contributed by atoms with E-state index in [1.54, 1.807) is 29.3 Å². The van der Waals surface area contributed by atoms with E-state index in [1.165, 1.54) is 0 Å². The van der Waals surface area contributed by atoms with Gasteiger partial charge in [-0.15, -0.1) is 0 Å². The number of amides is 1. The Morgan fingerprint density at radius 3 is 2.64 bits per heavy atom. The van der Waals surface area contributed by atoms with Crippen LogP contribution in [0.5, 0.6) is 0 Å². The van der Waals surface area contributed by atoms with Crippen LogP contribution in [0.2, 0.25) is 0 Å². The number of benzene rings is 1. The van der Waals surface area contributed by atoms with Crippen LogP contribution in [0, 0.1) is 0 Å². The number of pyridine rings is 1. The molecule has 0 saturated heterocycles. The fraction of sp³-hybridized carbons (Fsp3) is 0.350. The highest BCUT2D eigenvalue weighted by Gasteiger charge is 2.51. The molecule has 0 aliphatic carbocycles. The lowest BCUT2D eigenvalue weighted by Gasteiger charge is -2.26. The van der Waals surface area contributed by atoms with Crippen LogP contribution in [0.15, 0.2) is 48.7 Å². The molecular formula is C20H22N2O3. The number of aliphatic hydroxyl groups excluding tert-OH is 1. The van der Waals surface area contributed by atoms with Crippen molar-refractivity contribution < 1.29 is 14.7 Å². The molecule has 0 radical (unpaired) electrons. The van der Waals surface area contributed by atoms with Crippen molar-refractivity contribution >= 4 is 17.4 Å². The lowest BCUT2D eigenvalue weighted by molar-refractivity contribution is -0.124. The minimum absolute atomic E-state index is 0.0843. The number of aromatic nitrogens is 1. The first-order valence-corrected chi connectivity index (χ1v) is 8.60. The third kappa shape index (κ3) is 2.96. The first-order chi connectivity index (χ1) is 12.1. The maximum Gasteiger partial charge on any atom is 0.240 e. The second kappa shape index (κ2) is 7.15. The van der Waals surface area contributed by atoms with Gasteiger partial charge in [0.1, 0.15) is 11.1 Å². The van der Waals surface area contributed by atoms with Gasteiger partial charge in [-0.2, -0.15) is 0 Å². The maximum atomic E-state index is 13.2. The minimum atomic E-state index is -1.22. The molecule has 5 nitrogen and oxygen atoms in total. The predicted molar refractivity (Wildman–Crippen MR) is 95.7 cm³/mol. The molecule has 2 heterocycles. The maximum absolute atomic E-state index is 13.2. The van der Waals surface area contributed by atoms with E-state index in [2.05, 4.69) is 11.9 Å². The number of unbranched alkanes of at least 4 members (excludes halogenated alkanes) is 1. The van der Waals surface area contributed by atoms with E-state index in [9.17, 15) is 14.7 Å². The number of carbonyl (C=O) groups excluding carboxylic acids is 2. The second-order valence-electron chi connectivity index (χ2n) is 6.38. The monoisotopic (exact) mass is 338 g/mol. The largest absolute Gasteiger partial charge is 0.395 e. The number of hydrogen-bond donors (Lipinski definition) is 1. The van der Waals surface area contributed by atoms with E-state index in [0.717, 1.165) is 24.1 Å². The fourth-order valence-electron chi connectivity index (χ4n) is 3.41. The zero-order chi connectivity index (χ0) is 17.9. The summed E-state index contributed by atoms with van der Waals surface area (Å²) in [4.78, 5) is 31.7. The highest BCUT2D eigenvalue weighted by molar-refractivity contribution is 6.11. The van der Waals surface area contributed by atoms with E-state index < -0.39 is 12.0 Å². The molecule has 0 fully saturated rings. The van der Waals surface area contributed by atoms with Crippen LogP contribution in [-0.4, -0.2) is 34.9 Å². The van der Waals surface area contributed by atoms with E-state index in [-0.39, 0.29) is 18.1 Å². The highest BCUT2D eigenvalue weighted by Crippen LogP contribution is 2.44. The summed E-state index contributed by atoms with van der Waals surface area (Å²) in [7, 11) is 0. The molecule has 1 amide bonds. The summed E-state index contributed by atoms with van der Waals surface area (Å²) in [5, 5.41) is 10.2. The highest BCUT2D eigenvalue weighted by atomic mass is 16.3. The minimum Gasteiger partial charge on any atom is -0.395 e. The fourth-order valence-corrected chi connectivity index (χ4v) is 3.41. The van der Waals surface area contributed by atoms with Gasteiger partial charge in [-0.1, -0.05) is 37.6 Å². The Balaban J connectivity index is 1.99. The van der Waals surface area contributed by atoms with Crippen LogP contribution >= 0.6 is 0 Å². The predicted octanol–water partition coefficient (Wildman–Crippen LogP) is 2.73. The molecule has 0 bridgehead atoms. The van der Waals surface area contributed by atoms with Crippen molar-refractivity contribution in [1.82, 2.24) is 4.98 Å². The number of anilines is 1. The normalized spacial score (nSPS) is 19.1. The lowest BCUT2D eigenvalue weighted by atomic mass is 9.77. The number of nitrogens with zero attached hydrogens (tertiary/aromatic N) is 2. The van der Waals surface area contributed by atoms with E-state index in [4.69, 9.17) is 0 Å². The first-order valence-electron chi connectivity index (χ1n) is 8.60. The SMILES string of the molecule is CCCCN1C(=O)C(CO)(CC(=O)c2ccccn2)c2ccccc21. The standard InChI is InChI=1S/C20H22N2O3/c1-2-3-12-22-17-10-5-4-8-15(17)20(14-23,19(22)25)13-18(24)16-9-6-7-11-21-16/h4-11,23H,2-3,12-14H2,1H3. The summed E-state index contributed by atoms with van der Waals surface area (Å²) in [5.74, 6) is -0.441. The first kappa shape index (κ1) is 17.3. The van der Waals surface area contributed by atoms with Gasteiger partial charge in [-0.05, 0) is 30.2 Å². The number of hydrogen-bond acceptors (Lipinski definition) is 4. The molecule has 2 aromatic rings. The second-order valence-corrected chi connectivity index (χ2v) is 6.38. The van der Waals surface area contributed by atoms with Gasteiger partial charge in [0.25, 0.3) is 0 Å². The molecule has 1 unspecified atom stereocenters. The molecule has 1 aliphatic heterocycles. The Bertz CT molecular complexity index is 776.